The summed E-state index contributed by atoms with van der Waals surface area (Å²) in [7, 11) is 1.56. The molecule has 0 saturated heterocycles. The number of carboxylic acids is 1. The number of benzene rings is 2. The molecule has 0 aliphatic carbocycles. The Balaban J connectivity index is 1.59. The van der Waals surface area contributed by atoms with Crippen LogP contribution in [-0.2, 0) is 9.53 Å². The zero-order chi connectivity index (χ0) is 28.6. The van der Waals surface area contributed by atoms with Crippen molar-refractivity contribution in [3.05, 3.63) is 107 Å². The third-order valence-electron chi connectivity index (χ3n) is 6.33. The predicted octanol–water partition coefficient (Wildman–Crippen LogP) is 4.42. The lowest BCUT2D eigenvalue weighted by Crippen LogP contribution is -2.39. The summed E-state index contributed by atoms with van der Waals surface area (Å²) >= 11 is 7.29. The van der Waals surface area contributed by atoms with Crippen LogP contribution in [-0.4, -0.2) is 35.3 Å². The summed E-state index contributed by atoms with van der Waals surface area (Å²) in [5.41, 5.74) is 1.69. The normalized spacial score (nSPS) is 15.0. The lowest BCUT2D eigenvalue weighted by Gasteiger charge is -2.24. The third-order valence-corrected chi connectivity index (χ3v) is 7.63. The number of allylic oxidation sites excluding steroid dienone is 1. The number of fused-ring (bicyclic) bond motifs is 1. The molecule has 0 radical (unpaired) electrons. The Morgan fingerprint density at radius 3 is 2.58 bits per heavy atom. The summed E-state index contributed by atoms with van der Waals surface area (Å²) in [5, 5.41) is 9.30. The number of carbonyl (C=O) groups is 2. The molecule has 3 heterocycles. The number of aromatic carboxylic acids is 1. The van der Waals surface area contributed by atoms with E-state index in [0.29, 0.717) is 43.4 Å². The first-order chi connectivity index (χ1) is 19.2. The second-order valence-corrected chi connectivity index (χ2v) is 10.2. The van der Waals surface area contributed by atoms with Crippen molar-refractivity contribution in [2.75, 3.05) is 13.7 Å². The fraction of sp³-hybridized carbons (Fsp3) is 0.172. The van der Waals surface area contributed by atoms with Crippen molar-refractivity contribution in [2.45, 2.75) is 19.9 Å². The lowest BCUT2D eigenvalue weighted by molar-refractivity contribution is -0.139. The van der Waals surface area contributed by atoms with E-state index in [4.69, 9.17) is 25.5 Å². The summed E-state index contributed by atoms with van der Waals surface area (Å²) in [6.07, 6.45) is 1.61. The number of aromatic nitrogens is 1. The van der Waals surface area contributed by atoms with Gasteiger partial charge in [0.2, 0.25) is 0 Å². The van der Waals surface area contributed by atoms with Crippen molar-refractivity contribution in [2.24, 2.45) is 4.99 Å². The number of rotatable bonds is 7. The molecule has 0 bridgehead atoms. The Bertz CT molecular complexity index is 1850. The minimum Gasteiger partial charge on any atom is -0.497 e. The summed E-state index contributed by atoms with van der Waals surface area (Å²) in [6, 6.07) is 14.3. The lowest BCUT2D eigenvalue weighted by atomic mass is 9.96. The molecule has 2 aromatic heterocycles. The van der Waals surface area contributed by atoms with E-state index in [9.17, 15) is 19.5 Å². The highest BCUT2D eigenvalue weighted by Crippen LogP contribution is 2.32. The van der Waals surface area contributed by atoms with Crippen LogP contribution in [0.4, 0.5) is 0 Å². The maximum atomic E-state index is 13.7. The van der Waals surface area contributed by atoms with Gasteiger partial charge in [-0.2, -0.15) is 0 Å². The average molecular weight is 579 g/mol. The molecule has 5 rings (SSSR count). The van der Waals surface area contributed by atoms with E-state index in [1.54, 1.807) is 69.5 Å². The van der Waals surface area contributed by atoms with E-state index >= 15 is 0 Å². The number of nitrogens with zero attached hydrogens (tertiary/aromatic N) is 2. The number of hydrogen-bond donors (Lipinski definition) is 1. The third kappa shape index (κ3) is 4.99. The molecule has 0 spiro atoms. The Morgan fingerprint density at radius 2 is 1.93 bits per heavy atom. The molecule has 1 aliphatic heterocycles. The maximum Gasteiger partial charge on any atom is 0.338 e. The van der Waals surface area contributed by atoms with Crippen molar-refractivity contribution < 1.29 is 28.6 Å². The van der Waals surface area contributed by atoms with Crippen molar-refractivity contribution >= 4 is 41.0 Å². The van der Waals surface area contributed by atoms with Gasteiger partial charge in [-0.25, -0.2) is 14.6 Å². The molecule has 1 N–H and O–H groups in total. The van der Waals surface area contributed by atoms with E-state index < -0.39 is 18.0 Å². The summed E-state index contributed by atoms with van der Waals surface area (Å²) < 4.78 is 18.4. The van der Waals surface area contributed by atoms with Crippen LogP contribution in [0.5, 0.6) is 5.75 Å². The molecule has 0 fully saturated rings. The van der Waals surface area contributed by atoms with Crippen LogP contribution in [0.2, 0.25) is 5.02 Å². The summed E-state index contributed by atoms with van der Waals surface area (Å²) in [5.74, 6) is -0.166. The van der Waals surface area contributed by atoms with Gasteiger partial charge in [0.15, 0.2) is 4.80 Å². The highest BCUT2D eigenvalue weighted by Gasteiger charge is 2.33. The van der Waals surface area contributed by atoms with Gasteiger partial charge in [0, 0.05) is 11.6 Å². The highest BCUT2D eigenvalue weighted by atomic mass is 35.5. The Hall–Kier alpha value is -4.41. The quantitative estimate of drug-likeness (QED) is 0.322. The van der Waals surface area contributed by atoms with Gasteiger partial charge in [-0.05, 0) is 55.8 Å². The van der Waals surface area contributed by atoms with Gasteiger partial charge < -0.3 is 19.0 Å². The first kappa shape index (κ1) is 27.2. The van der Waals surface area contributed by atoms with E-state index in [1.807, 2.05) is 0 Å². The van der Waals surface area contributed by atoms with Crippen LogP contribution in [0.1, 0.15) is 41.6 Å². The molecule has 11 heteroatoms. The monoisotopic (exact) mass is 578 g/mol. The molecule has 4 aromatic rings. The molecule has 2 aromatic carbocycles. The van der Waals surface area contributed by atoms with Crippen LogP contribution in [0.3, 0.4) is 0 Å². The number of esters is 1. The number of halogens is 1. The molecule has 1 aliphatic rings. The standard InChI is InChI=1S/C29H23ClN2O7S/c1-4-38-28(36)24-15(2)31-29-32(25(24)16-5-8-18(37-3)9-6-16)26(33)23(40-29)14-19-10-12-22(39-19)17-7-11-20(27(34)35)21(30)13-17/h5-14,25H,4H2,1-3H3,(H,34,35)/b23-14+. The van der Waals surface area contributed by atoms with Gasteiger partial charge in [0.25, 0.3) is 5.56 Å². The Morgan fingerprint density at radius 1 is 1.18 bits per heavy atom. The number of methoxy groups -OCH3 is 1. The molecular formula is C29H23ClN2O7S. The maximum absolute atomic E-state index is 13.7. The first-order valence-corrected chi connectivity index (χ1v) is 13.4. The van der Waals surface area contributed by atoms with Crippen LogP contribution in [0.25, 0.3) is 17.4 Å². The van der Waals surface area contributed by atoms with Crippen LogP contribution < -0.4 is 19.6 Å². The summed E-state index contributed by atoms with van der Waals surface area (Å²) in [6.45, 7) is 3.62. The van der Waals surface area contributed by atoms with Gasteiger partial charge in [-0.1, -0.05) is 41.1 Å². The van der Waals surface area contributed by atoms with Crippen molar-refractivity contribution in [1.29, 1.82) is 0 Å². The fourth-order valence-corrected chi connectivity index (χ4v) is 5.74. The van der Waals surface area contributed by atoms with E-state index in [1.165, 1.54) is 28.0 Å². The zero-order valence-electron chi connectivity index (χ0n) is 21.6. The summed E-state index contributed by atoms with van der Waals surface area (Å²) in [4.78, 5) is 43.0. The number of carboxylic acid groups (broad SMARTS) is 1. The second kappa shape index (κ2) is 11.0. The topological polar surface area (TPSA) is 120 Å². The number of carbonyl (C=O) groups excluding carboxylic acids is 1. The number of furan rings is 1. The van der Waals surface area contributed by atoms with Crippen LogP contribution >= 0.6 is 22.9 Å². The molecule has 40 heavy (non-hydrogen) atoms. The van der Waals surface area contributed by atoms with E-state index in [-0.39, 0.29) is 28.3 Å². The molecule has 0 saturated carbocycles. The van der Waals surface area contributed by atoms with Crippen LogP contribution in [0, 0.1) is 0 Å². The fourth-order valence-electron chi connectivity index (χ4n) is 4.45. The minimum atomic E-state index is -1.12. The highest BCUT2D eigenvalue weighted by molar-refractivity contribution is 7.07. The average Bonchev–Trinajstić information content (AvgIpc) is 3.52. The smallest absolute Gasteiger partial charge is 0.338 e. The van der Waals surface area contributed by atoms with Gasteiger partial charge in [0.05, 0.1) is 46.1 Å². The molecule has 1 atom stereocenters. The minimum absolute atomic E-state index is 0.0119. The number of hydrogen-bond acceptors (Lipinski definition) is 8. The molecular weight excluding hydrogens is 556 g/mol. The van der Waals surface area contributed by atoms with Gasteiger partial charge in [-0.15, -0.1) is 0 Å². The van der Waals surface area contributed by atoms with Crippen LogP contribution in [0.15, 0.2) is 80.1 Å². The Kier molecular flexibility index (Phi) is 7.46. The number of ether oxygens (including phenoxy) is 2. The second-order valence-electron chi connectivity index (χ2n) is 8.78. The van der Waals surface area contributed by atoms with Gasteiger partial charge in [0.1, 0.15) is 17.3 Å². The van der Waals surface area contributed by atoms with Gasteiger partial charge >= 0.3 is 11.9 Å². The Labute approximate surface area is 236 Å². The van der Waals surface area contributed by atoms with Crippen molar-refractivity contribution in [3.8, 4) is 17.1 Å². The first-order valence-electron chi connectivity index (χ1n) is 12.2. The molecule has 204 valence electrons. The zero-order valence-corrected chi connectivity index (χ0v) is 23.2. The van der Waals surface area contributed by atoms with Gasteiger partial charge in [-0.3, -0.25) is 9.36 Å². The van der Waals surface area contributed by atoms with E-state index in [2.05, 4.69) is 4.99 Å². The molecule has 0 amide bonds. The van der Waals surface area contributed by atoms with Crippen molar-refractivity contribution in [3.63, 3.8) is 0 Å². The molecule has 9 nitrogen and oxygen atoms in total. The van der Waals surface area contributed by atoms with E-state index in [0.717, 1.165) is 0 Å². The molecule has 1 unspecified atom stereocenters. The van der Waals surface area contributed by atoms with Crippen molar-refractivity contribution in [1.82, 2.24) is 4.57 Å². The number of thiazole rings is 1. The SMILES string of the molecule is CCOC(=O)C1=C(C)N=c2s/c(=C/c3ccc(-c4ccc(C(=O)O)c(Cl)c4)o3)c(=O)n2C1c1ccc(OC)cc1. The largest absolute Gasteiger partial charge is 0.497 e. The predicted molar refractivity (Wildman–Crippen MR) is 150 cm³/mol.